The largest absolute Gasteiger partial charge is 0.419 e. The van der Waals surface area contributed by atoms with E-state index in [0.29, 0.717) is 127 Å². The Kier molecular flexibility index (Phi) is 48.4. The smallest absolute Gasteiger partial charge is 0.383 e. The first-order valence-corrected chi connectivity index (χ1v) is 48.3. The van der Waals surface area contributed by atoms with E-state index >= 15 is 0 Å². The van der Waals surface area contributed by atoms with Crippen LogP contribution in [-0.2, 0) is 79.7 Å². The first kappa shape index (κ1) is 132. The molecule has 3 heterocycles. The molecule has 0 bridgehead atoms. The number of hydrogen-bond donors (Lipinski definition) is 0. The standard InChI is InChI=1S/2C15H21F3N2.C15H21F3.C14H18ClF3.C13H17F4NO.C12H11F3N2.C9H8BrF3.C9H9F3.C8H6F4/c2*1-10-7-13(15(16,17)18)11(2)14(8-10)20-6-5-12(9-20)19(3)4;1-10-8-12(6-7-14(3,4)5)11(2)13(9-10)15(16,17)18;1-9(2)5-4-6-11-7-10(3)8-12(13(11)15)14(16,17)18;1-9-6-10(8-18(2)4-5-19-3)12(14)11(7-9)13(15,16)17;1-8-3-10(12(13,14)15)5-11(4-8)17-6-9(2)16-7-17;1-5-3-7(9(11,12)13)6(2)8(10)4-5;1-6-3-4-8(5-7(6)2)9(10,11)12;1-5-2-6(8(10,11)12)4-7(9)3-5/h2*7-8,12H,5-6,9H2,1-4H3;8-9H,6-7H2,1-5H3;7-9H,4-6H2,1-3H3;6-7H,4-5,8H2,1-3H3;3-7H,1-2H3;3-4H,1-2H3;3-5H,1-2H3;2-4H,1H3/t2*12-;;;;;;;/m10......./s1. The van der Waals surface area contributed by atoms with Crippen LogP contribution in [0.1, 0.15) is 217 Å². The number of aromatic nitrogens is 2. The van der Waals surface area contributed by atoms with E-state index in [4.69, 9.17) is 16.3 Å². The van der Waals surface area contributed by atoms with Gasteiger partial charge < -0.3 is 28.9 Å². The van der Waals surface area contributed by atoms with Gasteiger partial charge in [-0.2, -0.15) is 119 Å². The number of likely N-dealkylation sites (N-methyl/N-ethyl adjacent to an activating group) is 3. The fraction of sp³-hybridized carbons (Fsp3) is 0.482. The van der Waals surface area contributed by atoms with Crippen LogP contribution in [0.15, 0.2) is 144 Å². The Morgan fingerprint density at radius 1 is 0.409 bits per heavy atom. The van der Waals surface area contributed by atoms with Crippen LogP contribution in [0.5, 0.6) is 0 Å². The van der Waals surface area contributed by atoms with Crippen LogP contribution >= 0.6 is 27.5 Å². The summed E-state index contributed by atoms with van der Waals surface area (Å²) in [5, 5.41) is -0.142. The molecule has 2 saturated heterocycles. The van der Waals surface area contributed by atoms with Crippen molar-refractivity contribution >= 4 is 38.9 Å². The number of nitrogens with zero attached hydrogens (tertiary/aromatic N) is 7. The van der Waals surface area contributed by atoms with Crippen LogP contribution in [0.3, 0.4) is 0 Å². The summed E-state index contributed by atoms with van der Waals surface area (Å²) in [6.07, 6.45) is -30.0. The fourth-order valence-corrected chi connectivity index (χ4v) is 16.9. The van der Waals surface area contributed by atoms with Gasteiger partial charge in [0, 0.05) is 91.8 Å². The predicted octanol–water partition coefficient (Wildman–Crippen LogP) is 35.2. The van der Waals surface area contributed by atoms with Crippen molar-refractivity contribution in [1.82, 2.24) is 24.3 Å². The van der Waals surface area contributed by atoms with E-state index in [0.717, 1.165) is 141 Å². The number of rotatable bonds is 16. The maximum Gasteiger partial charge on any atom is 0.419 e. The van der Waals surface area contributed by atoms with Crippen molar-refractivity contribution in [2.24, 2.45) is 11.3 Å². The molecule has 2 aliphatic rings. The number of imidazole rings is 1. The highest BCUT2D eigenvalue weighted by Crippen LogP contribution is 2.45. The summed E-state index contributed by atoms with van der Waals surface area (Å²) in [5.41, 5.74) is 5.36. The lowest BCUT2D eigenvalue weighted by Crippen LogP contribution is -2.31. The van der Waals surface area contributed by atoms with E-state index in [2.05, 4.69) is 75.1 Å². The first-order chi connectivity index (χ1) is 67.8. The minimum atomic E-state index is -4.67. The second-order valence-electron chi connectivity index (χ2n) is 39.6. The van der Waals surface area contributed by atoms with Crippen molar-refractivity contribution in [3.05, 3.63) is 311 Å². The Balaban J connectivity index is 0.000000351. The lowest BCUT2D eigenvalue weighted by molar-refractivity contribution is -0.140. The third-order valence-corrected chi connectivity index (χ3v) is 25.4. The quantitative estimate of drug-likeness (QED) is 0.0893. The molecule has 39 heteroatoms. The molecule has 0 spiro atoms. The molecular weight excluding hydrogens is 2100 g/mol. The lowest BCUT2D eigenvalue weighted by Gasteiger charge is -2.25. The summed E-state index contributed by atoms with van der Waals surface area (Å²) in [6.45, 7) is 39.2. The van der Waals surface area contributed by atoms with Gasteiger partial charge in [-0.05, 0) is 370 Å². The number of alkyl halides is 27. The van der Waals surface area contributed by atoms with Crippen molar-refractivity contribution in [2.45, 2.75) is 258 Å². The molecular formula is C110H132BrClF29N7O. The number of benzene rings is 9. The van der Waals surface area contributed by atoms with Gasteiger partial charge in [-0.3, -0.25) is 4.90 Å². The van der Waals surface area contributed by atoms with Crippen LogP contribution in [0.2, 0.25) is 5.02 Å². The van der Waals surface area contributed by atoms with E-state index in [9.17, 15) is 127 Å². The molecule has 0 saturated carbocycles. The molecule has 149 heavy (non-hydrogen) atoms. The van der Waals surface area contributed by atoms with Gasteiger partial charge in [0.05, 0.1) is 73.7 Å². The molecule has 0 amide bonds. The third-order valence-electron chi connectivity index (χ3n) is 24.2. The van der Waals surface area contributed by atoms with Crippen molar-refractivity contribution in [3.63, 3.8) is 0 Å². The Hall–Kier alpha value is -9.63. The van der Waals surface area contributed by atoms with E-state index in [-0.39, 0.29) is 33.7 Å². The fourth-order valence-electron chi connectivity index (χ4n) is 16.0. The molecule has 2 aliphatic heterocycles. The zero-order chi connectivity index (χ0) is 114. The molecule has 0 unspecified atom stereocenters. The average molecular weight is 2230 g/mol. The Morgan fingerprint density at radius 2 is 0.792 bits per heavy atom. The summed E-state index contributed by atoms with van der Waals surface area (Å²) < 4.78 is 374. The lowest BCUT2D eigenvalue weighted by atomic mass is 9.86. The normalized spacial score (nSPS) is 14.2. The zero-order valence-corrected chi connectivity index (χ0v) is 90.5. The van der Waals surface area contributed by atoms with Crippen molar-refractivity contribution in [2.75, 3.05) is 91.5 Å². The van der Waals surface area contributed by atoms with Crippen molar-refractivity contribution < 1.29 is 132 Å². The zero-order valence-electron chi connectivity index (χ0n) is 88.2. The Bertz CT molecular complexity index is 5860. The van der Waals surface area contributed by atoms with Gasteiger partial charge in [0.1, 0.15) is 11.6 Å². The number of hydrogen-bond acceptors (Lipinski definition) is 7. The maximum absolute atomic E-state index is 13.9. The molecule has 2 atom stereocenters. The number of anilines is 2. The highest BCUT2D eigenvalue weighted by molar-refractivity contribution is 9.10. The van der Waals surface area contributed by atoms with Crippen LogP contribution in [0.25, 0.3) is 5.69 Å². The maximum atomic E-state index is 13.9. The molecule has 10 aromatic rings. The monoisotopic (exact) mass is 2230 g/mol. The van der Waals surface area contributed by atoms with Crippen LogP contribution in [0, 0.1) is 127 Å². The second-order valence-corrected chi connectivity index (χ2v) is 40.8. The molecule has 12 rings (SSSR count). The Morgan fingerprint density at radius 3 is 1.17 bits per heavy atom. The van der Waals surface area contributed by atoms with Gasteiger partial charge in [-0.15, -0.1) is 0 Å². The van der Waals surface area contributed by atoms with Crippen molar-refractivity contribution in [1.29, 1.82) is 0 Å². The first-order valence-electron chi connectivity index (χ1n) is 47.2. The highest BCUT2D eigenvalue weighted by atomic mass is 79.9. The summed E-state index contributed by atoms with van der Waals surface area (Å²) in [7, 11) is 11.3. The topological polar surface area (TPSA) is 43.3 Å². The number of aryl methyl sites for hydroxylation is 13. The van der Waals surface area contributed by atoms with Gasteiger partial charge >= 0.3 is 55.6 Å². The predicted molar refractivity (Wildman–Crippen MR) is 536 cm³/mol. The third kappa shape index (κ3) is 43.1. The SMILES string of the molecule is COCCN(C)Cc1cc(C)cc(C(F)(F)F)c1F.Cc1cc(-n2cnc(C)c2)cc(C(F)(F)F)c1.Cc1cc(Br)c(C)c(C(F)(F)F)c1.Cc1cc(CCC(C)(C)C)c(C)c(C(F)(F)F)c1.Cc1cc(CCCC(C)C)c(Cl)c(C(F)(F)F)c1.Cc1cc(F)cc(C(F)(F)F)c1.Cc1cc(N2CC[C@@H](N(C)C)C2)c(C)c(C(F)(F)F)c1.Cc1cc(N2CC[C@H](N(C)C)C2)c(C)c(C(F)(F)F)c1.Cc1ccc(C(F)(F)F)cc1C. The van der Waals surface area contributed by atoms with Crippen LogP contribution in [0.4, 0.5) is 139 Å². The summed E-state index contributed by atoms with van der Waals surface area (Å²) >= 11 is 8.95. The summed E-state index contributed by atoms with van der Waals surface area (Å²) in [5.74, 6) is -1.50. The number of ether oxygens (including phenoxy) is 1. The minimum absolute atomic E-state index is 0.0472. The number of methoxy groups -OCH3 is 1. The summed E-state index contributed by atoms with van der Waals surface area (Å²) in [4.78, 5) is 14.1. The molecule has 9 aromatic carbocycles. The molecule has 0 N–H and O–H groups in total. The highest BCUT2D eigenvalue weighted by Gasteiger charge is 2.42. The molecule has 8 nitrogen and oxygen atoms in total. The van der Waals surface area contributed by atoms with Gasteiger partial charge in [-0.1, -0.05) is 104 Å². The summed E-state index contributed by atoms with van der Waals surface area (Å²) in [6, 6.07) is 28.2. The molecule has 2 fully saturated rings. The second kappa shape index (κ2) is 54.8. The van der Waals surface area contributed by atoms with Gasteiger partial charge in [0.15, 0.2) is 0 Å². The van der Waals surface area contributed by atoms with Crippen LogP contribution < -0.4 is 9.80 Å². The molecule has 0 aliphatic carbocycles. The van der Waals surface area contributed by atoms with Gasteiger partial charge in [0.2, 0.25) is 0 Å². The van der Waals surface area contributed by atoms with E-state index < -0.39 is 117 Å². The molecule has 830 valence electrons. The molecule has 0 radical (unpaired) electrons. The minimum Gasteiger partial charge on any atom is -0.383 e. The van der Waals surface area contributed by atoms with E-state index in [1.165, 1.54) is 64.5 Å². The number of halogens is 31. The average Bonchev–Trinajstić information content (AvgIpc) is 1.73. The van der Waals surface area contributed by atoms with Crippen molar-refractivity contribution in [3.8, 4) is 5.69 Å². The van der Waals surface area contributed by atoms with Crippen LogP contribution in [-0.4, -0.2) is 118 Å². The van der Waals surface area contributed by atoms with E-state index in [1.54, 1.807) is 124 Å². The van der Waals surface area contributed by atoms with E-state index in [1.807, 2.05) is 46.4 Å². The van der Waals surface area contributed by atoms with Gasteiger partial charge in [-0.25, -0.2) is 13.8 Å². The molecule has 1 aromatic heterocycles. The Labute approximate surface area is 868 Å². The van der Waals surface area contributed by atoms with Gasteiger partial charge in [0.25, 0.3) is 0 Å².